The lowest BCUT2D eigenvalue weighted by atomic mass is 10.0. The van der Waals surface area contributed by atoms with Crippen molar-refractivity contribution in [1.29, 1.82) is 0 Å². The molecule has 0 aliphatic heterocycles. The largest absolute Gasteiger partial charge is 0.396 e. The Kier molecular flexibility index (Phi) is 6.16. The molecule has 17 heavy (non-hydrogen) atoms. The lowest BCUT2D eigenvalue weighted by Gasteiger charge is -2.20. The van der Waals surface area contributed by atoms with Crippen molar-refractivity contribution in [3.05, 3.63) is 35.6 Å². The summed E-state index contributed by atoms with van der Waals surface area (Å²) in [4.78, 5) is 0. The molecule has 1 aromatic carbocycles. The van der Waals surface area contributed by atoms with Crippen molar-refractivity contribution >= 4 is 0 Å². The maximum Gasteiger partial charge on any atom is 0.127 e. The topological polar surface area (TPSA) is 32.3 Å². The quantitative estimate of drug-likeness (QED) is 0.767. The van der Waals surface area contributed by atoms with Crippen LogP contribution in [0, 0.1) is 11.7 Å². The fourth-order valence-corrected chi connectivity index (χ4v) is 1.90. The summed E-state index contributed by atoms with van der Waals surface area (Å²) in [5.41, 5.74) is 0.728. The van der Waals surface area contributed by atoms with Gasteiger partial charge in [-0.05, 0) is 31.4 Å². The molecule has 0 amide bonds. The highest BCUT2D eigenvalue weighted by molar-refractivity contribution is 5.21. The molecule has 2 N–H and O–H groups in total. The Bertz CT molecular complexity index is 330. The Labute approximate surface area is 103 Å². The maximum absolute atomic E-state index is 13.6. The van der Waals surface area contributed by atoms with E-state index < -0.39 is 0 Å². The predicted molar refractivity (Wildman–Crippen MR) is 68.3 cm³/mol. The summed E-state index contributed by atoms with van der Waals surface area (Å²) in [6.45, 7) is 5.13. The Balaban J connectivity index is 2.57. The Morgan fingerprint density at radius 1 is 1.35 bits per heavy atom. The van der Waals surface area contributed by atoms with Gasteiger partial charge in [0.05, 0.1) is 0 Å². The molecule has 0 saturated carbocycles. The van der Waals surface area contributed by atoms with Crippen LogP contribution in [0.5, 0.6) is 0 Å². The molecule has 2 unspecified atom stereocenters. The van der Waals surface area contributed by atoms with Gasteiger partial charge in [0.1, 0.15) is 5.82 Å². The zero-order valence-electron chi connectivity index (χ0n) is 10.6. The van der Waals surface area contributed by atoms with Gasteiger partial charge >= 0.3 is 0 Å². The van der Waals surface area contributed by atoms with Crippen molar-refractivity contribution in [3.63, 3.8) is 0 Å². The molecular weight excluding hydrogens is 217 g/mol. The second-order valence-electron chi connectivity index (χ2n) is 4.51. The average molecular weight is 239 g/mol. The molecule has 0 radical (unpaired) electrons. The van der Waals surface area contributed by atoms with Gasteiger partial charge in [0.2, 0.25) is 0 Å². The van der Waals surface area contributed by atoms with Crippen LogP contribution in [0.15, 0.2) is 24.3 Å². The minimum absolute atomic E-state index is 0.0531. The summed E-state index contributed by atoms with van der Waals surface area (Å²) in [5, 5.41) is 12.2. The van der Waals surface area contributed by atoms with Crippen LogP contribution in [0.1, 0.15) is 38.3 Å². The molecular formula is C14H22FNO. The number of halogens is 1. The van der Waals surface area contributed by atoms with E-state index >= 15 is 0 Å². The third-order valence-electron chi connectivity index (χ3n) is 3.02. The highest BCUT2D eigenvalue weighted by atomic mass is 19.1. The second-order valence-corrected chi connectivity index (χ2v) is 4.51. The molecule has 0 heterocycles. The molecule has 0 aliphatic carbocycles. The van der Waals surface area contributed by atoms with E-state index in [4.69, 9.17) is 5.11 Å². The van der Waals surface area contributed by atoms with Crippen LogP contribution >= 0.6 is 0 Å². The molecule has 3 heteroatoms. The Morgan fingerprint density at radius 2 is 2.06 bits per heavy atom. The van der Waals surface area contributed by atoms with Crippen LogP contribution in [0.25, 0.3) is 0 Å². The monoisotopic (exact) mass is 239 g/mol. The van der Waals surface area contributed by atoms with Crippen LogP contribution in [0.4, 0.5) is 4.39 Å². The summed E-state index contributed by atoms with van der Waals surface area (Å²) >= 11 is 0. The van der Waals surface area contributed by atoms with Crippen molar-refractivity contribution in [2.45, 2.75) is 32.7 Å². The zero-order chi connectivity index (χ0) is 12.7. The number of rotatable bonds is 7. The van der Waals surface area contributed by atoms with Crippen molar-refractivity contribution in [2.75, 3.05) is 13.2 Å². The first-order chi connectivity index (χ1) is 8.19. The van der Waals surface area contributed by atoms with Gasteiger partial charge in [-0.3, -0.25) is 0 Å². The molecule has 1 rings (SSSR count). The standard InChI is InChI=1S/C14H22FNO/c1-3-14(16-10-11(2)8-9-17)12-6-4-5-7-13(12)15/h4-7,11,14,16-17H,3,8-10H2,1-2H3. The van der Waals surface area contributed by atoms with Crippen molar-refractivity contribution in [3.8, 4) is 0 Å². The molecule has 0 bridgehead atoms. The summed E-state index contributed by atoms with van der Waals surface area (Å²) in [7, 11) is 0. The van der Waals surface area contributed by atoms with Gasteiger partial charge in [-0.1, -0.05) is 32.0 Å². The SMILES string of the molecule is CCC(NCC(C)CCO)c1ccccc1F. The van der Waals surface area contributed by atoms with E-state index in [1.165, 1.54) is 6.07 Å². The normalized spacial score (nSPS) is 14.6. The van der Waals surface area contributed by atoms with Crippen molar-refractivity contribution in [1.82, 2.24) is 5.32 Å². The van der Waals surface area contributed by atoms with Gasteiger partial charge in [-0.2, -0.15) is 0 Å². The van der Waals surface area contributed by atoms with Crippen molar-refractivity contribution in [2.24, 2.45) is 5.92 Å². The molecule has 2 nitrogen and oxygen atoms in total. The molecule has 0 fully saturated rings. The zero-order valence-corrected chi connectivity index (χ0v) is 10.6. The van der Waals surface area contributed by atoms with Gasteiger partial charge in [-0.15, -0.1) is 0 Å². The number of hydrogen-bond donors (Lipinski definition) is 2. The molecule has 0 aromatic heterocycles. The van der Waals surface area contributed by atoms with Gasteiger partial charge in [0.25, 0.3) is 0 Å². The van der Waals surface area contributed by atoms with E-state index in [-0.39, 0.29) is 18.5 Å². The van der Waals surface area contributed by atoms with Gasteiger partial charge < -0.3 is 10.4 Å². The van der Waals surface area contributed by atoms with Crippen LogP contribution < -0.4 is 5.32 Å². The molecule has 1 aromatic rings. The number of aliphatic hydroxyl groups is 1. The van der Waals surface area contributed by atoms with Crippen LogP contribution in [0.3, 0.4) is 0 Å². The van der Waals surface area contributed by atoms with E-state index in [1.54, 1.807) is 6.07 Å². The minimum Gasteiger partial charge on any atom is -0.396 e. The highest BCUT2D eigenvalue weighted by Gasteiger charge is 2.13. The highest BCUT2D eigenvalue weighted by Crippen LogP contribution is 2.20. The van der Waals surface area contributed by atoms with Crippen molar-refractivity contribution < 1.29 is 9.50 Å². The van der Waals surface area contributed by atoms with Gasteiger partial charge in [0.15, 0.2) is 0 Å². The minimum atomic E-state index is -0.151. The molecule has 96 valence electrons. The fourth-order valence-electron chi connectivity index (χ4n) is 1.90. The van der Waals surface area contributed by atoms with E-state index in [0.29, 0.717) is 5.92 Å². The second kappa shape index (κ2) is 7.41. The lowest BCUT2D eigenvalue weighted by molar-refractivity contribution is 0.257. The first-order valence-electron chi connectivity index (χ1n) is 6.27. The third kappa shape index (κ3) is 4.44. The first-order valence-corrected chi connectivity index (χ1v) is 6.27. The number of hydrogen-bond acceptors (Lipinski definition) is 2. The van der Waals surface area contributed by atoms with Crippen LogP contribution in [-0.2, 0) is 0 Å². The van der Waals surface area contributed by atoms with E-state index in [0.717, 1.165) is 24.9 Å². The number of benzene rings is 1. The van der Waals surface area contributed by atoms with Crippen LogP contribution in [0.2, 0.25) is 0 Å². The van der Waals surface area contributed by atoms with Gasteiger partial charge in [-0.25, -0.2) is 4.39 Å². The van der Waals surface area contributed by atoms with E-state index in [2.05, 4.69) is 12.2 Å². The third-order valence-corrected chi connectivity index (χ3v) is 3.02. The summed E-state index contributed by atoms with van der Waals surface area (Å²) in [5.74, 6) is 0.252. The molecule has 0 saturated heterocycles. The summed E-state index contributed by atoms with van der Waals surface area (Å²) in [6.07, 6.45) is 1.63. The number of aliphatic hydroxyl groups excluding tert-OH is 1. The summed E-state index contributed by atoms with van der Waals surface area (Å²) in [6, 6.07) is 6.95. The van der Waals surface area contributed by atoms with Gasteiger partial charge in [0, 0.05) is 18.2 Å². The van der Waals surface area contributed by atoms with E-state index in [1.807, 2.05) is 19.1 Å². The van der Waals surface area contributed by atoms with Crippen LogP contribution in [-0.4, -0.2) is 18.3 Å². The number of nitrogens with one attached hydrogen (secondary N) is 1. The lowest BCUT2D eigenvalue weighted by Crippen LogP contribution is -2.27. The van der Waals surface area contributed by atoms with E-state index in [9.17, 15) is 4.39 Å². The molecule has 0 aliphatic rings. The summed E-state index contributed by atoms with van der Waals surface area (Å²) < 4.78 is 13.6. The maximum atomic E-state index is 13.6. The average Bonchev–Trinajstić information content (AvgIpc) is 2.32. The predicted octanol–water partition coefficient (Wildman–Crippen LogP) is 2.88. The Morgan fingerprint density at radius 3 is 2.65 bits per heavy atom. The molecule has 0 spiro atoms. The first kappa shape index (κ1) is 14.1. The smallest absolute Gasteiger partial charge is 0.127 e. The Hall–Kier alpha value is -0.930. The fraction of sp³-hybridized carbons (Fsp3) is 0.571. The molecule has 2 atom stereocenters.